The van der Waals surface area contributed by atoms with Crippen LogP contribution in [0.3, 0.4) is 0 Å². The molecule has 0 atom stereocenters. The molecule has 1 aromatic carbocycles. The molecule has 0 spiro atoms. The van der Waals surface area contributed by atoms with Crippen LogP contribution in [0.4, 0.5) is 4.39 Å². The van der Waals surface area contributed by atoms with Gasteiger partial charge in [0.2, 0.25) is 0 Å². The van der Waals surface area contributed by atoms with Gasteiger partial charge < -0.3 is 0 Å². The number of benzene rings is 1. The molecule has 1 nitrogen and oxygen atoms in total. The predicted molar refractivity (Wildman–Crippen MR) is 45.7 cm³/mol. The van der Waals surface area contributed by atoms with E-state index >= 15 is 0 Å². The van der Waals surface area contributed by atoms with Gasteiger partial charge in [-0.2, -0.15) is 0 Å². The maximum atomic E-state index is 12.9. The van der Waals surface area contributed by atoms with Crippen LogP contribution in [0.25, 0.3) is 0 Å². The molecule has 0 saturated carbocycles. The Morgan fingerprint density at radius 3 is 2.67 bits per heavy atom. The highest BCUT2D eigenvalue weighted by Crippen LogP contribution is 2.07. The van der Waals surface area contributed by atoms with Gasteiger partial charge in [-0.25, -0.2) is 4.39 Å². The summed E-state index contributed by atoms with van der Waals surface area (Å²) in [5.41, 5.74) is 1.10. The summed E-state index contributed by atoms with van der Waals surface area (Å²) in [5.74, 6) is -0.958. The van der Waals surface area contributed by atoms with Crippen LogP contribution in [0.15, 0.2) is 35.9 Å². The molecule has 3 heteroatoms. The summed E-state index contributed by atoms with van der Waals surface area (Å²) in [6, 6.07) is 5.76. The maximum Gasteiger partial charge on any atom is 0.189 e. The van der Waals surface area contributed by atoms with Crippen LogP contribution < -0.4 is 0 Å². The fourth-order valence-electron chi connectivity index (χ4n) is 0.808. The molecule has 0 N–H and O–H groups in total. The largest absolute Gasteiger partial charge is 0.289 e. The highest BCUT2D eigenvalue weighted by molar-refractivity contribution is 6.27. The summed E-state index contributed by atoms with van der Waals surface area (Å²) in [5, 5.41) is 0. The van der Waals surface area contributed by atoms with E-state index in [0.717, 1.165) is 11.6 Å². The molecule has 0 radical (unpaired) electrons. The van der Waals surface area contributed by atoms with Crippen molar-refractivity contribution >= 4 is 17.4 Å². The molecular formula is C9H6ClFO. The van der Waals surface area contributed by atoms with Crippen molar-refractivity contribution in [3.8, 4) is 0 Å². The third-order valence-electron chi connectivity index (χ3n) is 1.35. The van der Waals surface area contributed by atoms with Gasteiger partial charge in [0.15, 0.2) is 5.78 Å². The van der Waals surface area contributed by atoms with Gasteiger partial charge in [0, 0.05) is 5.54 Å². The molecule has 1 rings (SSSR count). The molecular weight excluding hydrogens is 179 g/mol. The zero-order chi connectivity index (χ0) is 8.97. The molecule has 0 unspecified atom stereocenters. The Hall–Kier alpha value is -1.15. The molecule has 1 aromatic rings. The SMILES string of the molecule is O=C(C=CCl)c1ccccc1F. The fourth-order valence-corrected chi connectivity index (χ4v) is 0.922. The number of halogens is 2. The molecule has 0 aromatic heterocycles. The molecule has 62 valence electrons. The Morgan fingerprint density at radius 2 is 2.08 bits per heavy atom. The second kappa shape index (κ2) is 4.02. The average Bonchev–Trinajstić information content (AvgIpc) is 2.05. The molecule has 0 saturated heterocycles. The van der Waals surface area contributed by atoms with E-state index in [2.05, 4.69) is 0 Å². The van der Waals surface area contributed by atoms with Gasteiger partial charge >= 0.3 is 0 Å². The highest BCUT2D eigenvalue weighted by Gasteiger charge is 2.06. The monoisotopic (exact) mass is 184 g/mol. The first-order chi connectivity index (χ1) is 5.75. The second-order valence-corrected chi connectivity index (χ2v) is 2.39. The number of carbonyl (C=O) groups is 1. The van der Waals surface area contributed by atoms with Crippen molar-refractivity contribution in [1.29, 1.82) is 0 Å². The summed E-state index contributed by atoms with van der Waals surface area (Å²) >= 11 is 5.17. The van der Waals surface area contributed by atoms with E-state index < -0.39 is 11.6 Å². The molecule has 0 aliphatic rings. The van der Waals surface area contributed by atoms with Crippen molar-refractivity contribution in [1.82, 2.24) is 0 Å². The normalized spacial score (nSPS) is 10.5. The van der Waals surface area contributed by atoms with Crippen molar-refractivity contribution in [2.45, 2.75) is 0 Å². The minimum Gasteiger partial charge on any atom is -0.289 e. The Bertz CT molecular complexity index is 320. The summed E-state index contributed by atoms with van der Waals surface area (Å²) < 4.78 is 12.9. The van der Waals surface area contributed by atoms with E-state index in [1.165, 1.54) is 18.2 Å². The first-order valence-corrected chi connectivity index (χ1v) is 3.75. The Morgan fingerprint density at radius 1 is 1.42 bits per heavy atom. The van der Waals surface area contributed by atoms with Crippen LogP contribution in [-0.2, 0) is 0 Å². The zero-order valence-corrected chi connectivity index (χ0v) is 6.88. The maximum absolute atomic E-state index is 12.9. The minimum atomic E-state index is -0.530. The van der Waals surface area contributed by atoms with Gasteiger partial charge in [0.25, 0.3) is 0 Å². The molecule has 0 aliphatic heterocycles. The third kappa shape index (κ3) is 1.92. The summed E-state index contributed by atoms with van der Waals surface area (Å²) in [7, 11) is 0. The smallest absolute Gasteiger partial charge is 0.189 e. The summed E-state index contributed by atoms with van der Waals surface area (Å²) in [6.07, 6.45) is 1.11. The molecule has 0 amide bonds. The average molecular weight is 185 g/mol. The van der Waals surface area contributed by atoms with E-state index in [1.807, 2.05) is 0 Å². The van der Waals surface area contributed by atoms with Crippen LogP contribution in [-0.4, -0.2) is 5.78 Å². The van der Waals surface area contributed by atoms with E-state index in [-0.39, 0.29) is 5.56 Å². The van der Waals surface area contributed by atoms with Gasteiger partial charge in [-0.1, -0.05) is 23.7 Å². The lowest BCUT2D eigenvalue weighted by Gasteiger charge is -1.95. The standard InChI is InChI=1S/C9H6ClFO/c10-6-5-9(12)7-3-1-2-4-8(7)11/h1-6H. The number of carbonyl (C=O) groups excluding carboxylic acids is 1. The Balaban J connectivity index is 3.03. The lowest BCUT2D eigenvalue weighted by atomic mass is 10.1. The lowest BCUT2D eigenvalue weighted by Crippen LogP contribution is -1.97. The predicted octanol–water partition coefficient (Wildman–Crippen LogP) is 2.76. The Labute approximate surface area is 74.5 Å². The van der Waals surface area contributed by atoms with E-state index in [9.17, 15) is 9.18 Å². The molecule has 0 fully saturated rings. The first kappa shape index (κ1) is 8.94. The quantitative estimate of drug-likeness (QED) is 0.510. The van der Waals surface area contributed by atoms with Crippen LogP contribution in [0.1, 0.15) is 10.4 Å². The van der Waals surface area contributed by atoms with Crippen LogP contribution in [0, 0.1) is 5.82 Å². The number of ketones is 1. The van der Waals surface area contributed by atoms with Crippen LogP contribution >= 0.6 is 11.6 Å². The van der Waals surface area contributed by atoms with Gasteiger partial charge in [-0.05, 0) is 18.2 Å². The van der Waals surface area contributed by atoms with Crippen molar-refractivity contribution in [2.75, 3.05) is 0 Å². The molecule has 0 heterocycles. The number of hydrogen-bond acceptors (Lipinski definition) is 1. The molecule has 0 bridgehead atoms. The molecule has 12 heavy (non-hydrogen) atoms. The Kier molecular flexibility index (Phi) is 3.00. The number of hydrogen-bond donors (Lipinski definition) is 0. The fraction of sp³-hybridized carbons (Fsp3) is 0. The van der Waals surface area contributed by atoms with Crippen molar-refractivity contribution in [2.24, 2.45) is 0 Å². The van der Waals surface area contributed by atoms with Crippen molar-refractivity contribution in [3.05, 3.63) is 47.3 Å². The second-order valence-electron chi connectivity index (χ2n) is 2.14. The van der Waals surface area contributed by atoms with Gasteiger partial charge in [-0.3, -0.25) is 4.79 Å². The van der Waals surface area contributed by atoms with E-state index in [4.69, 9.17) is 11.6 Å². The molecule has 0 aliphatic carbocycles. The van der Waals surface area contributed by atoms with Crippen LogP contribution in [0.2, 0.25) is 0 Å². The topological polar surface area (TPSA) is 17.1 Å². The van der Waals surface area contributed by atoms with Gasteiger partial charge in [0.05, 0.1) is 5.56 Å². The summed E-state index contributed by atoms with van der Waals surface area (Å²) in [4.78, 5) is 11.1. The van der Waals surface area contributed by atoms with E-state index in [0.29, 0.717) is 0 Å². The third-order valence-corrected chi connectivity index (χ3v) is 1.48. The minimum absolute atomic E-state index is 0.0365. The zero-order valence-electron chi connectivity index (χ0n) is 6.13. The van der Waals surface area contributed by atoms with Crippen LogP contribution in [0.5, 0.6) is 0 Å². The first-order valence-electron chi connectivity index (χ1n) is 3.31. The van der Waals surface area contributed by atoms with Gasteiger partial charge in [-0.15, -0.1) is 0 Å². The van der Waals surface area contributed by atoms with Crippen molar-refractivity contribution < 1.29 is 9.18 Å². The van der Waals surface area contributed by atoms with Crippen molar-refractivity contribution in [3.63, 3.8) is 0 Å². The van der Waals surface area contributed by atoms with E-state index in [1.54, 1.807) is 6.07 Å². The van der Waals surface area contributed by atoms with Gasteiger partial charge in [0.1, 0.15) is 5.82 Å². The lowest BCUT2D eigenvalue weighted by molar-refractivity contribution is 0.104. The number of rotatable bonds is 2. The highest BCUT2D eigenvalue weighted by atomic mass is 35.5. The number of allylic oxidation sites excluding steroid dienone is 1. The summed E-state index contributed by atoms with van der Waals surface area (Å²) in [6.45, 7) is 0.